The Kier molecular flexibility index (Phi) is 4.69. The molecule has 0 saturated heterocycles. The molecule has 0 radical (unpaired) electrons. The van der Waals surface area contributed by atoms with Crippen molar-refractivity contribution < 1.29 is 9.39 Å². The van der Waals surface area contributed by atoms with Crippen LogP contribution in [-0.4, -0.2) is 25.3 Å². The fourth-order valence-electron chi connectivity index (χ4n) is 1.41. The average molecular weight is 267 g/mol. The van der Waals surface area contributed by atoms with Gasteiger partial charge in [-0.1, -0.05) is 26.0 Å². The fraction of sp³-hybridized carbons (Fsp3) is 0.538. The van der Waals surface area contributed by atoms with Gasteiger partial charge in [0.25, 0.3) is 0 Å². The number of anilines is 1. The predicted molar refractivity (Wildman–Crippen MR) is 83.1 cm³/mol. The van der Waals surface area contributed by atoms with Crippen molar-refractivity contribution in [2.45, 2.75) is 38.5 Å². The van der Waals surface area contributed by atoms with E-state index < -0.39 is 0 Å². The first-order valence-electron chi connectivity index (χ1n) is 6.03. The van der Waals surface area contributed by atoms with Gasteiger partial charge >= 0.3 is 7.48 Å². The second-order valence-corrected chi connectivity index (χ2v) is 7.00. The lowest BCUT2D eigenvalue weighted by Gasteiger charge is -2.39. The van der Waals surface area contributed by atoms with E-state index in [0.29, 0.717) is 18.9 Å². The molecule has 1 aromatic carbocycles. The number of hydrogen-bond donors (Lipinski definition) is 1. The maximum Gasteiger partial charge on any atom is 0.313 e. The summed E-state index contributed by atoms with van der Waals surface area (Å²) in [5, 5.41) is -0.0133. The third-order valence-corrected chi connectivity index (χ3v) is 4.17. The van der Waals surface area contributed by atoms with Crippen LogP contribution in [0.4, 0.5) is 5.69 Å². The van der Waals surface area contributed by atoms with Gasteiger partial charge in [-0.15, -0.1) is 9.24 Å². The standard InChI is InChI=1S/C13H23BNO2P/c1-12(2,13(3,4)18)17-14-9-7-6-8-10(15)11(9)16-5/h6-8,14H,15,18H2,1-5H3. The van der Waals surface area contributed by atoms with E-state index in [1.165, 1.54) is 0 Å². The van der Waals surface area contributed by atoms with Crippen LogP contribution in [0.15, 0.2) is 18.2 Å². The molecular formula is C13H23BNO2P. The molecule has 3 nitrogen and oxygen atoms in total. The van der Waals surface area contributed by atoms with Gasteiger partial charge in [0.2, 0.25) is 0 Å². The number of methoxy groups -OCH3 is 1. The topological polar surface area (TPSA) is 44.5 Å². The normalized spacial score (nSPS) is 12.3. The van der Waals surface area contributed by atoms with Crippen LogP contribution in [0.5, 0.6) is 5.75 Å². The molecule has 100 valence electrons. The first-order valence-corrected chi connectivity index (χ1v) is 6.61. The van der Waals surface area contributed by atoms with Crippen LogP contribution in [0, 0.1) is 0 Å². The molecule has 0 amide bonds. The lowest BCUT2D eigenvalue weighted by Crippen LogP contribution is -2.45. The molecule has 2 N–H and O–H groups in total. The number of rotatable bonds is 5. The van der Waals surface area contributed by atoms with Crippen molar-refractivity contribution in [3.8, 4) is 5.75 Å². The molecule has 0 aliphatic heterocycles. The smallest absolute Gasteiger partial charge is 0.313 e. The SMILES string of the molecule is COc1c(N)cccc1BOC(C)(C)C(C)(C)P. The molecule has 0 aromatic heterocycles. The minimum absolute atomic E-state index is 0.0133. The maximum atomic E-state index is 6.02. The summed E-state index contributed by atoms with van der Waals surface area (Å²) in [6.07, 6.45) is 0. The van der Waals surface area contributed by atoms with Crippen LogP contribution in [0.2, 0.25) is 0 Å². The number of hydrogen-bond acceptors (Lipinski definition) is 3. The molecule has 0 spiro atoms. The summed E-state index contributed by atoms with van der Waals surface area (Å²) in [6.45, 7) is 8.43. The van der Waals surface area contributed by atoms with Crippen LogP contribution >= 0.6 is 9.24 Å². The lowest BCUT2D eigenvalue weighted by atomic mass is 9.83. The molecule has 1 unspecified atom stereocenters. The van der Waals surface area contributed by atoms with Crippen molar-refractivity contribution in [2.75, 3.05) is 12.8 Å². The highest BCUT2D eigenvalue weighted by atomic mass is 31.0. The predicted octanol–water partition coefficient (Wildman–Crippen LogP) is 1.70. The molecule has 1 atom stereocenters. The van der Waals surface area contributed by atoms with Gasteiger partial charge in [-0.3, -0.25) is 0 Å². The second-order valence-electron chi connectivity index (χ2n) is 5.56. The number of nitrogens with two attached hydrogens (primary N) is 1. The van der Waals surface area contributed by atoms with Crippen LogP contribution in [-0.2, 0) is 4.65 Å². The first-order chi connectivity index (χ1) is 8.19. The zero-order valence-corrected chi connectivity index (χ0v) is 13.1. The highest BCUT2D eigenvalue weighted by Gasteiger charge is 2.33. The van der Waals surface area contributed by atoms with Gasteiger partial charge < -0.3 is 15.1 Å². The minimum atomic E-state index is -0.257. The summed E-state index contributed by atoms with van der Waals surface area (Å²) in [7, 11) is 4.93. The summed E-state index contributed by atoms with van der Waals surface area (Å²) in [4.78, 5) is 0. The maximum absolute atomic E-state index is 6.02. The molecule has 5 heteroatoms. The van der Waals surface area contributed by atoms with Gasteiger partial charge in [0, 0.05) is 5.16 Å². The van der Waals surface area contributed by atoms with E-state index in [1.807, 2.05) is 18.2 Å². The summed E-state index contributed by atoms with van der Waals surface area (Å²) in [5.41, 5.74) is 7.23. The fourth-order valence-corrected chi connectivity index (χ4v) is 1.49. The number of ether oxygens (including phenoxy) is 1. The third-order valence-electron chi connectivity index (χ3n) is 3.47. The van der Waals surface area contributed by atoms with Crippen molar-refractivity contribution >= 4 is 27.9 Å². The van der Waals surface area contributed by atoms with E-state index in [1.54, 1.807) is 7.11 Å². The van der Waals surface area contributed by atoms with Crippen molar-refractivity contribution in [3.63, 3.8) is 0 Å². The molecule has 1 aromatic rings. The van der Waals surface area contributed by atoms with Crippen molar-refractivity contribution in [1.82, 2.24) is 0 Å². The molecule has 0 saturated carbocycles. The Morgan fingerprint density at radius 3 is 2.33 bits per heavy atom. The van der Waals surface area contributed by atoms with Gasteiger partial charge in [0.1, 0.15) is 5.75 Å². The largest absolute Gasteiger partial charge is 0.495 e. The highest BCUT2D eigenvalue weighted by Crippen LogP contribution is 2.33. The van der Waals surface area contributed by atoms with Gasteiger partial charge in [-0.2, -0.15) is 0 Å². The Hall–Kier alpha value is -0.725. The van der Waals surface area contributed by atoms with Crippen LogP contribution in [0.1, 0.15) is 27.7 Å². The van der Waals surface area contributed by atoms with Crippen molar-refractivity contribution in [1.29, 1.82) is 0 Å². The highest BCUT2D eigenvalue weighted by molar-refractivity contribution is 7.19. The van der Waals surface area contributed by atoms with E-state index in [9.17, 15) is 0 Å². The first kappa shape index (κ1) is 15.3. The van der Waals surface area contributed by atoms with Crippen LogP contribution < -0.4 is 15.9 Å². The Morgan fingerprint density at radius 2 is 1.83 bits per heavy atom. The second kappa shape index (κ2) is 5.50. The van der Waals surface area contributed by atoms with Gasteiger partial charge in [-0.05, 0) is 25.4 Å². The molecule has 0 bridgehead atoms. The average Bonchev–Trinajstić information content (AvgIpc) is 2.25. The van der Waals surface area contributed by atoms with Gasteiger partial charge in [-0.25, -0.2) is 0 Å². The molecule has 1 rings (SSSR count). The Bertz CT molecular complexity index is 416. The number of benzene rings is 1. The van der Waals surface area contributed by atoms with E-state index in [0.717, 1.165) is 5.46 Å². The van der Waals surface area contributed by atoms with Crippen LogP contribution in [0.3, 0.4) is 0 Å². The monoisotopic (exact) mass is 267 g/mol. The molecular weight excluding hydrogens is 244 g/mol. The molecule has 0 heterocycles. The molecule has 18 heavy (non-hydrogen) atoms. The van der Waals surface area contributed by atoms with E-state index in [-0.39, 0.29) is 10.8 Å². The van der Waals surface area contributed by atoms with E-state index in [4.69, 9.17) is 15.1 Å². The Labute approximate surface area is 113 Å². The van der Waals surface area contributed by atoms with Gasteiger partial charge in [0.05, 0.1) is 18.4 Å². The van der Waals surface area contributed by atoms with Crippen molar-refractivity contribution in [2.24, 2.45) is 0 Å². The summed E-state index contributed by atoms with van der Waals surface area (Å²) >= 11 is 0. The summed E-state index contributed by atoms with van der Waals surface area (Å²) in [5.74, 6) is 0.704. The van der Waals surface area contributed by atoms with Crippen molar-refractivity contribution in [3.05, 3.63) is 18.2 Å². The molecule has 0 aliphatic rings. The quantitative estimate of drug-likeness (QED) is 0.501. The molecule has 0 fully saturated rings. The lowest BCUT2D eigenvalue weighted by molar-refractivity contribution is 0.0840. The third kappa shape index (κ3) is 3.40. The summed E-state index contributed by atoms with van der Waals surface area (Å²) in [6, 6.07) is 5.71. The van der Waals surface area contributed by atoms with E-state index in [2.05, 4.69) is 36.9 Å². The number of para-hydroxylation sites is 1. The Balaban J connectivity index is 2.85. The Morgan fingerprint density at radius 1 is 1.22 bits per heavy atom. The molecule has 0 aliphatic carbocycles. The number of nitrogen functional groups attached to an aromatic ring is 1. The zero-order chi connectivity index (χ0) is 14.0. The van der Waals surface area contributed by atoms with Gasteiger partial charge in [0.15, 0.2) is 0 Å². The zero-order valence-electron chi connectivity index (χ0n) is 11.9. The summed E-state index contributed by atoms with van der Waals surface area (Å²) < 4.78 is 11.3. The van der Waals surface area contributed by atoms with E-state index >= 15 is 0 Å². The van der Waals surface area contributed by atoms with Crippen LogP contribution in [0.25, 0.3) is 0 Å². The minimum Gasteiger partial charge on any atom is -0.495 e.